The lowest BCUT2D eigenvalue weighted by atomic mass is 9.91. The molecule has 2 saturated heterocycles. The summed E-state index contributed by atoms with van der Waals surface area (Å²) in [6.45, 7) is 8.65. The third-order valence-corrected chi connectivity index (χ3v) is 8.07. The quantitative estimate of drug-likeness (QED) is 0.271. The minimum absolute atomic E-state index is 0.0880. The molecule has 0 bridgehead atoms. The predicted molar refractivity (Wildman–Crippen MR) is 162 cm³/mol. The summed E-state index contributed by atoms with van der Waals surface area (Å²) in [6, 6.07) is 12.7. The van der Waals surface area contributed by atoms with E-state index in [0.717, 1.165) is 54.2 Å². The molecule has 9 heteroatoms. The zero-order valence-electron chi connectivity index (χ0n) is 23.3. The average Bonchev–Trinajstić information content (AvgIpc) is 2.99. The molecule has 4 N–H and O–H groups in total. The molecule has 0 spiro atoms. The highest BCUT2D eigenvalue weighted by Gasteiger charge is 2.19. The number of rotatable bonds is 7. The standard InChI is InChI=1S/C31H38N8O/c1-3-39-29-23(15-27(30(39)40)28-20(2)14-22(17-34-28)21-6-4-12-32-16-21)18-35-31(38-29)37-25-10-8-24(9-11-25)36-26-7-5-13-33-19-26/h8-11,14-15,17-18,21,26,32-33,36H,3-7,12-13,16,19H2,1-2H3,(H,35,37,38). The van der Waals surface area contributed by atoms with Crippen LogP contribution >= 0.6 is 0 Å². The van der Waals surface area contributed by atoms with Gasteiger partial charge in [0, 0.05) is 54.8 Å². The number of nitrogens with zero attached hydrogens (tertiary/aromatic N) is 4. The molecule has 2 aliphatic heterocycles. The topological polar surface area (TPSA) is 109 Å². The maximum atomic E-state index is 13.6. The second kappa shape index (κ2) is 11.7. The van der Waals surface area contributed by atoms with Gasteiger partial charge < -0.3 is 21.3 Å². The summed E-state index contributed by atoms with van der Waals surface area (Å²) in [6.07, 6.45) is 8.44. The maximum Gasteiger partial charge on any atom is 0.261 e. The zero-order valence-corrected chi connectivity index (χ0v) is 23.3. The van der Waals surface area contributed by atoms with Gasteiger partial charge in [-0.15, -0.1) is 0 Å². The average molecular weight is 539 g/mol. The fraction of sp³-hybridized carbons (Fsp3) is 0.419. The first-order chi connectivity index (χ1) is 19.6. The first-order valence-corrected chi connectivity index (χ1v) is 14.5. The summed E-state index contributed by atoms with van der Waals surface area (Å²) in [4.78, 5) is 27.7. The summed E-state index contributed by atoms with van der Waals surface area (Å²) in [5.74, 6) is 0.928. The normalized spacial score (nSPS) is 19.4. The van der Waals surface area contributed by atoms with Gasteiger partial charge in [0.25, 0.3) is 5.56 Å². The highest BCUT2D eigenvalue weighted by Crippen LogP contribution is 2.28. The lowest BCUT2D eigenvalue weighted by molar-refractivity contribution is 0.461. The second-order valence-corrected chi connectivity index (χ2v) is 10.9. The smallest absolute Gasteiger partial charge is 0.261 e. The first kappa shape index (κ1) is 26.4. The van der Waals surface area contributed by atoms with Crippen LogP contribution in [0.2, 0.25) is 0 Å². The van der Waals surface area contributed by atoms with Crippen molar-refractivity contribution in [3.8, 4) is 11.3 Å². The third-order valence-electron chi connectivity index (χ3n) is 8.07. The van der Waals surface area contributed by atoms with Crippen LogP contribution in [0.15, 0.2) is 53.6 Å². The molecule has 4 aromatic rings. The molecule has 0 saturated carbocycles. The molecule has 208 valence electrons. The number of aromatic nitrogens is 4. The van der Waals surface area contributed by atoms with Crippen molar-refractivity contribution >= 4 is 28.4 Å². The second-order valence-electron chi connectivity index (χ2n) is 10.9. The van der Waals surface area contributed by atoms with Crippen molar-refractivity contribution in [1.82, 2.24) is 30.2 Å². The van der Waals surface area contributed by atoms with Crippen LogP contribution in [0.1, 0.15) is 49.7 Å². The van der Waals surface area contributed by atoms with Gasteiger partial charge in [-0.2, -0.15) is 4.98 Å². The Morgan fingerprint density at radius 1 is 0.975 bits per heavy atom. The molecule has 3 aromatic heterocycles. The molecule has 2 fully saturated rings. The highest BCUT2D eigenvalue weighted by molar-refractivity contribution is 5.81. The van der Waals surface area contributed by atoms with Crippen molar-refractivity contribution in [3.05, 3.63) is 70.3 Å². The summed E-state index contributed by atoms with van der Waals surface area (Å²) < 4.78 is 1.71. The van der Waals surface area contributed by atoms with Crippen LogP contribution in [-0.2, 0) is 6.54 Å². The van der Waals surface area contributed by atoms with Crippen molar-refractivity contribution in [1.29, 1.82) is 0 Å². The van der Waals surface area contributed by atoms with E-state index in [4.69, 9.17) is 9.97 Å². The van der Waals surface area contributed by atoms with E-state index in [1.54, 1.807) is 10.8 Å². The molecule has 2 unspecified atom stereocenters. The number of hydrogen-bond acceptors (Lipinski definition) is 8. The lowest BCUT2D eigenvalue weighted by Gasteiger charge is -2.24. The number of piperidine rings is 2. The molecule has 2 atom stereocenters. The van der Waals surface area contributed by atoms with E-state index in [1.807, 2.05) is 38.2 Å². The Morgan fingerprint density at radius 2 is 1.75 bits per heavy atom. The Morgan fingerprint density at radius 3 is 2.45 bits per heavy atom. The van der Waals surface area contributed by atoms with E-state index in [-0.39, 0.29) is 5.56 Å². The van der Waals surface area contributed by atoms with Crippen LogP contribution in [-0.4, -0.2) is 51.7 Å². The van der Waals surface area contributed by atoms with Gasteiger partial charge in [0.05, 0.1) is 11.3 Å². The van der Waals surface area contributed by atoms with Gasteiger partial charge in [-0.1, -0.05) is 6.07 Å². The van der Waals surface area contributed by atoms with Crippen LogP contribution in [0, 0.1) is 6.92 Å². The lowest BCUT2D eigenvalue weighted by Crippen LogP contribution is -2.38. The summed E-state index contributed by atoms with van der Waals surface area (Å²) in [7, 11) is 0. The molecule has 40 heavy (non-hydrogen) atoms. The number of pyridine rings is 2. The fourth-order valence-electron chi connectivity index (χ4n) is 5.91. The number of fused-ring (bicyclic) bond motifs is 1. The van der Waals surface area contributed by atoms with Crippen molar-refractivity contribution in [2.45, 2.75) is 58.0 Å². The molecule has 1 aromatic carbocycles. The van der Waals surface area contributed by atoms with Gasteiger partial charge in [0.15, 0.2) is 0 Å². The highest BCUT2D eigenvalue weighted by atomic mass is 16.1. The number of anilines is 3. The van der Waals surface area contributed by atoms with E-state index in [2.05, 4.69) is 44.5 Å². The van der Waals surface area contributed by atoms with Crippen LogP contribution in [0.3, 0.4) is 0 Å². The number of hydrogen-bond donors (Lipinski definition) is 4. The van der Waals surface area contributed by atoms with Gasteiger partial charge in [0.1, 0.15) is 5.65 Å². The monoisotopic (exact) mass is 538 g/mol. The molecule has 0 aliphatic carbocycles. The van der Waals surface area contributed by atoms with Gasteiger partial charge in [0.2, 0.25) is 5.95 Å². The summed E-state index contributed by atoms with van der Waals surface area (Å²) in [5.41, 5.74) is 6.06. The van der Waals surface area contributed by atoms with Gasteiger partial charge in [-0.25, -0.2) is 4.98 Å². The Hall–Kier alpha value is -3.82. The van der Waals surface area contributed by atoms with Gasteiger partial charge in [-0.3, -0.25) is 14.3 Å². The van der Waals surface area contributed by atoms with E-state index in [1.165, 1.54) is 31.2 Å². The molecule has 5 heterocycles. The Bertz CT molecular complexity index is 1540. The molecule has 0 amide bonds. The molecule has 2 aliphatic rings. The zero-order chi connectivity index (χ0) is 27.5. The Labute approximate surface area is 234 Å². The fourth-order valence-corrected chi connectivity index (χ4v) is 5.91. The van der Waals surface area contributed by atoms with E-state index in [0.29, 0.717) is 35.7 Å². The third kappa shape index (κ3) is 5.57. The van der Waals surface area contributed by atoms with Gasteiger partial charge >= 0.3 is 0 Å². The number of aryl methyl sites for hydroxylation is 2. The molecule has 6 rings (SSSR count). The molecular weight excluding hydrogens is 500 g/mol. The largest absolute Gasteiger partial charge is 0.381 e. The summed E-state index contributed by atoms with van der Waals surface area (Å²) in [5, 5.41) is 14.6. The van der Waals surface area contributed by atoms with Crippen LogP contribution < -0.4 is 26.8 Å². The number of benzene rings is 1. The molecular formula is C31H38N8O. The van der Waals surface area contributed by atoms with Crippen molar-refractivity contribution in [2.24, 2.45) is 0 Å². The first-order valence-electron chi connectivity index (χ1n) is 14.5. The Kier molecular flexibility index (Phi) is 7.75. The van der Waals surface area contributed by atoms with E-state index < -0.39 is 0 Å². The Balaban J connectivity index is 1.24. The minimum Gasteiger partial charge on any atom is -0.381 e. The van der Waals surface area contributed by atoms with E-state index in [9.17, 15) is 4.79 Å². The summed E-state index contributed by atoms with van der Waals surface area (Å²) >= 11 is 0. The van der Waals surface area contributed by atoms with E-state index >= 15 is 0 Å². The minimum atomic E-state index is -0.0880. The SMILES string of the molecule is CCn1c(=O)c(-c2ncc(C3CCCNC3)cc2C)cc2cnc(Nc3ccc(NC4CCCNC4)cc3)nc21. The van der Waals surface area contributed by atoms with Crippen molar-refractivity contribution in [2.75, 3.05) is 36.8 Å². The molecule has 0 radical (unpaired) electrons. The van der Waals surface area contributed by atoms with Crippen LogP contribution in [0.5, 0.6) is 0 Å². The maximum absolute atomic E-state index is 13.6. The van der Waals surface area contributed by atoms with Crippen molar-refractivity contribution < 1.29 is 0 Å². The number of nitrogens with one attached hydrogen (secondary N) is 4. The van der Waals surface area contributed by atoms with Crippen LogP contribution in [0.4, 0.5) is 17.3 Å². The van der Waals surface area contributed by atoms with Crippen molar-refractivity contribution in [3.63, 3.8) is 0 Å². The predicted octanol–water partition coefficient (Wildman–Crippen LogP) is 4.56. The van der Waals surface area contributed by atoms with Gasteiger partial charge in [-0.05, 0) is 100.0 Å². The molecule has 9 nitrogen and oxygen atoms in total. The van der Waals surface area contributed by atoms with Crippen LogP contribution in [0.25, 0.3) is 22.3 Å².